The lowest BCUT2D eigenvalue weighted by Crippen LogP contribution is -2.09. The number of carbonyl (C=O) groups excluding carboxylic acids is 1. The second-order valence-corrected chi connectivity index (χ2v) is 4.17. The van der Waals surface area contributed by atoms with E-state index in [1.165, 1.54) is 0 Å². The fraction of sp³-hybridized carbons (Fsp3) is 0.167. The monoisotopic (exact) mass is 248 g/mol. The van der Waals surface area contributed by atoms with E-state index in [0.29, 0.717) is 12.2 Å². The van der Waals surface area contributed by atoms with Crippen molar-refractivity contribution in [3.8, 4) is 11.1 Å². The number of rotatable bonds is 3. The number of nitrogen functional groups attached to an aromatic ring is 1. The summed E-state index contributed by atoms with van der Waals surface area (Å²) in [7, 11) is 0. The zero-order valence-electron chi connectivity index (χ0n) is 9.34. The molecule has 0 aliphatic carbocycles. The number of carbonyl (C=O) groups is 1. The lowest BCUT2D eigenvalue weighted by molar-refractivity contribution is 0.0527. The van der Waals surface area contributed by atoms with E-state index >= 15 is 0 Å². The summed E-state index contributed by atoms with van der Waals surface area (Å²) in [6.45, 7) is 2.07. The maximum atomic E-state index is 11.6. The predicted molar refractivity (Wildman–Crippen MR) is 67.9 cm³/mol. The summed E-state index contributed by atoms with van der Waals surface area (Å²) < 4.78 is 4.92. The van der Waals surface area contributed by atoms with Gasteiger partial charge in [0.1, 0.15) is 11.4 Å². The van der Waals surface area contributed by atoms with Crippen molar-refractivity contribution in [2.45, 2.75) is 6.92 Å². The van der Waals surface area contributed by atoms with Crippen LogP contribution in [0.1, 0.15) is 17.3 Å². The highest BCUT2D eigenvalue weighted by Gasteiger charge is 2.13. The van der Waals surface area contributed by atoms with Gasteiger partial charge in [-0.25, -0.2) is 9.78 Å². The van der Waals surface area contributed by atoms with Gasteiger partial charge in [0, 0.05) is 11.8 Å². The highest BCUT2D eigenvalue weighted by Crippen LogP contribution is 2.24. The predicted octanol–water partition coefficient (Wildman–Crippen LogP) is 2.57. The van der Waals surface area contributed by atoms with Crippen LogP contribution in [-0.4, -0.2) is 17.6 Å². The number of thiophene rings is 1. The number of hydrogen-bond donors (Lipinski definition) is 1. The van der Waals surface area contributed by atoms with Crippen molar-refractivity contribution in [2.75, 3.05) is 12.3 Å². The van der Waals surface area contributed by atoms with Gasteiger partial charge < -0.3 is 10.5 Å². The maximum Gasteiger partial charge on any atom is 0.341 e. The van der Waals surface area contributed by atoms with Crippen molar-refractivity contribution in [2.24, 2.45) is 0 Å². The first-order valence-corrected chi connectivity index (χ1v) is 6.12. The van der Waals surface area contributed by atoms with Crippen LogP contribution in [0.4, 0.5) is 5.82 Å². The van der Waals surface area contributed by atoms with Gasteiger partial charge in [-0.1, -0.05) is 0 Å². The Morgan fingerprint density at radius 3 is 3.00 bits per heavy atom. The van der Waals surface area contributed by atoms with Crippen LogP contribution in [0.2, 0.25) is 0 Å². The molecule has 4 nitrogen and oxygen atoms in total. The Morgan fingerprint density at radius 1 is 1.53 bits per heavy atom. The molecule has 2 aromatic heterocycles. The van der Waals surface area contributed by atoms with Crippen LogP contribution >= 0.6 is 11.3 Å². The van der Waals surface area contributed by atoms with E-state index in [-0.39, 0.29) is 5.82 Å². The third-order valence-electron chi connectivity index (χ3n) is 2.27. The fourth-order valence-corrected chi connectivity index (χ4v) is 2.10. The molecule has 2 N–H and O–H groups in total. The van der Waals surface area contributed by atoms with Gasteiger partial charge >= 0.3 is 5.97 Å². The van der Waals surface area contributed by atoms with Gasteiger partial charge in [-0.2, -0.15) is 11.3 Å². The Labute approximate surface area is 103 Å². The van der Waals surface area contributed by atoms with Crippen LogP contribution in [-0.2, 0) is 4.74 Å². The summed E-state index contributed by atoms with van der Waals surface area (Å²) in [5, 5.41) is 3.96. The summed E-state index contributed by atoms with van der Waals surface area (Å²) >= 11 is 1.59. The summed E-state index contributed by atoms with van der Waals surface area (Å²) in [5.41, 5.74) is 7.87. The van der Waals surface area contributed by atoms with E-state index < -0.39 is 5.97 Å². The molecular formula is C12H12N2O2S. The molecule has 0 aliphatic heterocycles. The van der Waals surface area contributed by atoms with Gasteiger partial charge in [0.2, 0.25) is 0 Å². The van der Waals surface area contributed by atoms with Crippen molar-refractivity contribution in [1.29, 1.82) is 0 Å². The molecule has 0 fully saturated rings. The molecule has 0 aliphatic rings. The van der Waals surface area contributed by atoms with E-state index in [1.807, 2.05) is 16.8 Å². The largest absolute Gasteiger partial charge is 0.462 e. The normalized spacial score (nSPS) is 10.2. The Kier molecular flexibility index (Phi) is 3.39. The number of nitrogens with zero attached hydrogens (tertiary/aromatic N) is 1. The second kappa shape index (κ2) is 4.97. The van der Waals surface area contributed by atoms with Gasteiger partial charge in [0.25, 0.3) is 0 Å². The molecule has 0 radical (unpaired) electrons. The summed E-state index contributed by atoms with van der Waals surface area (Å²) in [6, 6.07) is 3.68. The van der Waals surface area contributed by atoms with E-state index in [2.05, 4.69) is 4.98 Å². The Hall–Kier alpha value is -1.88. The second-order valence-electron chi connectivity index (χ2n) is 3.39. The zero-order chi connectivity index (χ0) is 12.3. The molecule has 0 amide bonds. The minimum atomic E-state index is -0.436. The molecule has 0 unspecified atom stereocenters. The topological polar surface area (TPSA) is 65.2 Å². The van der Waals surface area contributed by atoms with Gasteiger partial charge in [-0.15, -0.1) is 0 Å². The molecule has 0 bridgehead atoms. The van der Waals surface area contributed by atoms with Crippen LogP contribution < -0.4 is 5.73 Å². The molecule has 0 saturated heterocycles. The van der Waals surface area contributed by atoms with E-state index in [4.69, 9.17) is 10.5 Å². The lowest BCUT2D eigenvalue weighted by atomic mass is 10.1. The molecule has 2 rings (SSSR count). The Bertz CT molecular complexity index is 523. The molecule has 17 heavy (non-hydrogen) atoms. The average Bonchev–Trinajstić information content (AvgIpc) is 2.83. The maximum absolute atomic E-state index is 11.6. The average molecular weight is 248 g/mol. The molecule has 0 aromatic carbocycles. The van der Waals surface area contributed by atoms with Crippen LogP contribution in [0.3, 0.4) is 0 Å². The molecule has 0 atom stereocenters. The van der Waals surface area contributed by atoms with Crippen LogP contribution in [0.25, 0.3) is 11.1 Å². The first kappa shape index (κ1) is 11.6. The third kappa shape index (κ3) is 2.45. The quantitative estimate of drug-likeness (QED) is 0.848. The standard InChI is InChI=1S/C12H12N2O2S/c1-2-16-12(15)10-5-9(6-14-11(10)13)8-3-4-17-7-8/h3-7H,2H2,1H3,(H2,13,14). The molecule has 0 saturated carbocycles. The zero-order valence-corrected chi connectivity index (χ0v) is 10.2. The van der Waals surface area contributed by atoms with E-state index in [9.17, 15) is 4.79 Å². The van der Waals surface area contributed by atoms with Crippen LogP contribution in [0.15, 0.2) is 29.1 Å². The third-order valence-corrected chi connectivity index (χ3v) is 2.95. The van der Waals surface area contributed by atoms with Crippen molar-refractivity contribution in [3.05, 3.63) is 34.7 Å². The SMILES string of the molecule is CCOC(=O)c1cc(-c2ccsc2)cnc1N. The van der Waals surface area contributed by atoms with Crippen molar-refractivity contribution in [3.63, 3.8) is 0 Å². The number of nitrogens with two attached hydrogens (primary N) is 1. The first-order chi connectivity index (χ1) is 8.22. The number of anilines is 1. The van der Waals surface area contributed by atoms with Crippen LogP contribution in [0.5, 0.6) is 0 Å². The van der Waals surface area contributed by atoms with Crippen molar-refractivity contribution in [1.82, 2.24) is 4.98 Å². The minimum Gasteiger partial charge on any atom is -0.462 e. The number of esters is 1. The molecule has 2 heterocycles. The van der Waals surface area contributed by atoms with Gasteiger partial charge in [-0.3, -0.25) is 0 Å². The number of ether oxygens (including phenoxy) is 1. The number of pyridine rings is 1. The van der Waals surface area contributed by atoms with Crippen molar-refractivity contribution < 1.29 is 9.53 Å². The molecule has 5 heteroatoms. The van der Waals surface area contributed by atoms with Crippen LogP contribution in [0, 0.1) is 0 Å². The number of hydrogen-bond acceptors (Lipinski definition) is 5. The Balaban J connectivity index is 2.39. The molecule has 2 aromatic rings. The summed E-state index contributed by atoms with van der Waals surface area (Å²) in [4.78, 5) is 15.7. The summed E-state index contributed by atoms with van der Waals surface area (Å²) in [6.07, 6.45) is 1.65. The van der Waals surface area contributed by atoms with Gasteiger partial charge in [0.05, 0.1) is 6.61 Å². The molecule has 88 valence electrons. The lowest BCUT2D eigenvalue weighted by Gasteiger charge is -2.06. The van der Waals surface area contributed by atoms with E-state index in [0.717, 1.165) is 11.1 Å². The van der Waals surface area contributed by atoms with Gasteiger partial charge in [-0.05, 0) is 35.4 Å². The van der Waals surface area contributed by atoms with E-state index in [1.54, 1.807) is 30.5 Å². The number of aromatic nitrogens is 1. The summed E-state index contributed by atoms with van der Waals surface area (Å²) in [5.74, 6) is -0.239. The van der Waals surface area contributed by atoms with Crippen molar-refractivity contribution >= 4 is 23.1 Å². The molecule has 0 spiro atoms. The highest BCUT2D eigenvalue weighted by molar-refractivity contribution is 7.08. The Morgan fingerprint density at radius 2 is 2.35 bits per heavy atom. The molecular weight excluding hydrogens is 236 g/mol. The highest BCUT2D eigenvalue weighted by atomic mass is 32.1. The van der Waals surface area contributed by atoms with Gasteiger partial charge in [0.15, 0.2) is 0 Å². The first-order valence-electron chi connectivity index (χ1n) is 5.17. The smallest absolute Gasteiger partial charge is 0.341 e. The minimum absolute atomic E-state index is 0.197. The fourth-order valence-electron chi connectivity index (χ4n) is 1.43.